The maximum absolute atomic E-state index is 13.9. The number of hydrogen-bond donors (Lipinski definition) is 0. The van der Waals surface area contributed by atoms with Crippen LogP contribution in [0.1, 0.15) is 40.5 Å². The van der Waals surface area contributed by atoms with E-state index in [0.717, 1.165) is 30.5 Å². The zero-order valence-corrected chi connectivity index (χ0v) is 18.4. The molecule has 2 bridgehead atoms. The summed E-state index contributed by atoms with van der Waals surface area (Å²) in [6.45, 7) is 0. The third-order valence-electron chi connectivity index (χ3n) is 6.88. The lowest BCUT2D eigenvalue weighted by molar-refractivity contribution is 0.0644. The zero-order valence-electron chi connectivity index (χ0n) is 18.4. The zero-order chi connectivity index (χ0) is 23.7. The van der Waals surface area contributed by atoms with Crippen LogP contribution < -0.4 is 4.74 Å². The number of aryl methyl sites for hydroxylation is 1. The molecule has 2 aliphatic heterocycles. The van der Waals surface area contributed by atoms with Crippen molar-refractivity contribution >= 4 is 11.4 Å². The van der Waals surface area contributed by atoms with Crippen molar-refractivity contribution in [3.63, 3.8) is 0 Å². The number of ether oxygens (including phenoxy) is 1. The molecule has 10 heteroatoms. The first-order chi connectivity index (χ1) is 16.4. The molecule has 1 amide bonds. The highest BCUT2D eigenvalue weighted by atomic mass is 19.2. The number of methoxy groups -OCH3 is 1. The summed E-state index contributed by atoms with van der Waals surface area (Å²) in [6, 6.07) is 5.21. The van der Waals surface area contributed by atoms with Gasteiger partial charge in [-0.2, -0.15) is 10.2 Å². The Bertz CT molecular complexity index is 1450. The molecule has 4 aromatic rings. The van der Waals surface area contributed by atoms with Gasteiger partial charge in [0.1, 0.15) is 5.75 Å². The van der Waals surface area contributed by atoms with Crippen molar-refractivity contribution in [3.8, 4) is 17.0 Å². The van der Waals surface area contributed by atoms with E-state index in [0.29, 0.717) is 34.6 Å². The van der Waals surface area contributed by atoms with Crippen molar-refractivity contribution in [2.24, 2.45) is 7.05 Å². The number of carbonyl (C=O) groups is 1. The van der Waals surface area contributed by atoms with Gasteiger partial charge in [-0.05, 0) is 43.5 Å². The van der Waals surface area contributed by atoms with Crippen LogP contribution in [-0.4, -0.2) is 43.4 Å². The van der Waals surface area contributed by atoms with Crippen molar-refractivity contribution in [1.29, 1.82) is 0 Å². The van der Waals surface area contributed by atoms with Gasteiger partial charge in [-0.3, -0.25) is 9.48 Å². The number of fused-ring (bicyclic) bond motifs is 5. The summed E-state index contributed by atoms with van der Waals surface area (Å²) in [4.78, 5) is 15.5. The highest BCUT2D eigenvalue weighted by molar-refractivity contribution is 6.01. The Morgan fingerprint density at radius 2 is 1.91 bits per heavy atom. The smallest absolute Gasteiger partial charge is 0.258 e. The third-order valence-corrected chi connectivity index (χ3v) is 6.88. The minimum atomic E-state index is -1.50. The monoisotopic (exact) mass is 467 g/mol. The first-order valence-electron chi connectivity index (χ1n) is 10.9. The van der Waals surface area contributed by atoms with Gasteiger partial charge in [-0.15, -0.1) is 0 Å². The van der Waals surface area contributed by atoms with Crippen molar-refractivity contribution in [2.45, 2.75) is 31.3 Å². The summed E-state index contributed by atoms with van der Waals surface area (Å²) < 4.78 is 49.8. The van der Waals surface area contributed by atoms with E-state index >= 15 is 0 Å². The number of pyridine rings is 1. The SMILES string of the molecule is COc1ccc2c(C(=O)N3[C@H]4CC[C@@H]3c3nn(C)c(-c5cc(F)c(F)c(F)c5)c3C4)cnn2c1. The summed E-state index contributed by atoms with van der Waals surface area (Å²) in [5.41, 5.74) is 3.48. The van der Waals surface area contributed by atoms with Crippen LogP contribution in [0.2, 0.25) is 0 Å². The van der Waals surface area contributed by atoms with E-state index in [-0.39, 0.29) is 23.6 Å². The van der Waals surface area contributed by atoms with Gasteiger partial charge in [0.25, 0.3) is 5.91 Å². The van der Waals surface area contributed by atoms with E-state index in [1.807, 2.05) is 4.90 Å². The van der Waals surface area contributed by atoms with Gasteiger partial charge in [0.2, 0.25) is 0 Å². The van der Waals surface area contributed by atoms with Gasteiger partial charge in [0, 0.05) is 24.2 Å². The van der Waals surface area contributed by atoms with Crippen LogP contribution in [0.15, 0.2) is 36.7 Å². The molecule has 34 heavy (non-hydrogen) atoms. The van der Waals surface area contributed by atoms with E-state index in [9.17, 15) is 18.0 Å². The second-order valence-corrected chi connectivity index (χ2v) is 8.71. The van der Waals surface area contributed by atoms with Crippen molar-refractivity contribution in [3.05, 3.63) is 70.9 Å². The number of halogens is 3. The lowest BCUT2D eigenvalue weighted by Gasteiger charge is -2.34. The van der Waals surface area contributed by atoms with Gasteiger partial charge in [0.05, 0.1) is 48.0 Å². The average molecular weight is 467 g/mol. The molecule has 0 radical (unpaired) electrons. The minimum Gasteiger partial charge on any atom is -0.495 e. The van der Waals surface area contributed by atoms with Crippen molar-refractivity contribution in [2.75, 3.05) is 7.11 Å². The Balaban J connectivity index is 1.40. The summed E-state index contributed by atoms with van der Waals surface area (Å²) in [5, 5.41) is 8.94. The summed E-state index contributed by atoms with van der Waals surface area (Å²) in [6.07, 6.45) is 5.28. The maximum Gasteiger partial charge on any atom is 0.258 e. The molecule has 3 aromatic heterocycles. The maximum atomic E-state index is 13.9. The normalized spacial score (nSPS) is 19.0. The lowest BCUT2D eigenvalue weighted by atomic mass is 9.94. The molecule has 6 rings (SSSR count). The van der Waals surface area contributed by atoms with E-state index < -0.39 is 17.5 Å². The lowest BCUT2D eigenvalue weighted by Crippen LogP contribution is -2.41. The molecule has 7 nitrogen and oxygen atoms in total. The van der Waals surface area contributed by atoms with Crippen molar-refractivity contribution in [1.82, 2.24) is 24.3 Å². The van der Waals surface area contributed by atoms with Crippen LogP contribution in [0.3, 0.4) is 0 Å². The van der Waals surface area contributed by atoms with E-state index in [1.54, 1.807) is 47.9 Å². The highest BCUT2D eigenvalue weighted by Gasteiger charge is 2.46. The highest BCUT2D eigenvalue weighted by Crippen LogP contribution is 2.47. The standard InChI is InChI=1S/C24H20F3N5O2/c1-30-23(12-7-17(25)21(27)18(26)8-12)15-9-13-3-5-20(22(15)29-30)32(13)24(33)16-10-28-31-11-14(34-2)4-6-19(16)31/h4,6-8,10-11,13,20H,3,5,9H2,1-2H3/t13-,20+/m0/s1. The van der Waals surface area contributed by atoms with Gasteiger partial charge >= 0.3 is 0 Å². The molecule has 0 aliphatic carbocycles. The fourth-order valence-corrected chi connectivity index (χ4v) is 5.40. The molecule has 1 aromatic carbocycles. The minimum absolute atomic E-state index is 0.0868. The molecule has 0 saturated carbocycles. The number of benzene rings is 1. The van der Waals surface area contributed by atoms with Crippen molar-refractivity contribution < 1.29 is 22.7 Å². The van der Waals surface area contributed by atoms with Gasteiger partial charge in [-0.1, -0.05) is 0 Å². The topological polar surface area (TPSA) is 64.7 Å². The number of carbonyl (C=O) groups excluding carboxylic acids is 1. The van der Waals surface area contributed by atoms with Crippen LogP contribution in [0.4, 0.5) is 13.2 Å². The second-order valence-electron chi connectivity index (χ2n) is 8.71. The van der Waals surface area contributed by atoms with Crippen LogP contribution >= 0.6 is 0 Å². The van der Waals surface area contributed by atoms with Crippen LogP contribution in [0.5, 0.6) is 5.75 Å². The Morgan fingerprint density at radius 1 is 1.15 bits per heavy atom. The number of nitrogens with zero attached hydrogens (tertiary/aromatic N) is 5. The predicted octanol–water partition coefficient (Wildman–Crippen LogP) is 4.06. The van der Waals surface area contributed by atoms with Gasteiger partial charge < -0.3 is 9.64 Å². The summed E-state index contributed by atoms with van der Waals surface area (Å²) in [5.74, 6) is -3.49. The number of amides is 1. The molecule has 0 spiro atoms. The average Bonchev–Trinajstić information content (AvgIpc) is 3.49. The van der Waals surface area contributed by atoms with E-state index in [2.05, 4.69) is 10.2 Å². The molecular weight excluding hydrogens is 447 g/mol. The van der Waals surface area contributed by atoms with Crippen LogP contribution in [0.25, 0.3) is 16.8 Å². The van der Waals surface area contributed by atoms with Crippen LogP contribution in [0, 0.1) is 17.5 Å². The molecule has 2 atom stereocenters. The largest absolute Gasteiger partial charge is 0.495 e. The Hall–Kier alpha value is -3.82. The van der Waals surface area contributed by atoms with Gasteiger partial charge in [-0.25, -0.2) is 17.7 Å². The molecule has 1 fully saturated rings. The molecule has 0 N–H and O–H groups in total. The first-order valence-corrected chi connectivity index (χ1v) is 10.9. The number of rotatable bonds is 3. The fraction of sp³-hybridized carbons (Fsp3) is 0.292. The molecule has 1 saturated heterocycles. The molecule has 2 aliphatic rings. The third kappa shape index (κ3) is 2.87. The Kier molecular flexibility index (Phi) is 4.48. The molecule has 0 unspecified atom stereocenters. The van der Waals surface area contributed by atoms with Gasteiger partial charge in [0.15, 0.2) is 17.5 Å². The fourth-order valence-electron chi connectivity index (χ4n) is 5.40. The molecular formula is C24H20F3N5O2. The second kappa shape index (κ2) is 7.34. The Labute approximate surface area is 192 Å². The first kappa shape index (κ1) is 20.8. The molecule has 174 valence electrons. The molecule has 5 heterocycles. The quantitative estimate of drug-likeness (QED) is 0.427. The summed E-state index contributed by atoms with van der Waals surface area (Å²) in [7, 11) is 3.25. The number of hydrogen-bond acceptors (Lipinski definition) is 4. The summed E-state index contributed by atoms with van der Waals surface area (Å²) >= 11 is 0. The number of aromatic nitrogens is 4. The Morgan fingerprint density at radius 3 is 2.65 bits per heavy atom. The van der Waals surface area contributed by atoms with Crippen LogP contribution in [-0.2, 0) is 13.5 Å². The predicted molar refractivity (Wildman–Crippen MR) is 116 cm³/mol. The van der Waals surface area contributed by atoms with E-state index in [4.69, 9.17) is 4.74 Å². The van der Waals surface area contributed by atoms with E-state index in [1.165, 1.54) is 0 Å².